The normalized spacial score (nSPS) is 11.5. The number of nitrogens with one attached hydrogen (secondary N) is 1. The number of carbonyl (C=O) groups excluding carboxylic acids is 1. The molecule has 1 N–H and O–H groups in total. The molecule has 1 rings (SSSR count). The smallest absolute Gasteiger partial charge is 0.354 e. The molecule has 78 valence electrons. The molecule has 0 bridgehead atoms. The van der Waals surface area contributed by atoms with Crippen molar-refractivity contribution in [1.29, 1.82) is 0 Å². The van der Waals surface area contributed by atoms with Crippen LogP contribution in [-0.2, 0) is 10.2 Å². The van der Waals surface area contributed by atoms with Crippen molar-refractivity contribution in [2.24, 2.45) is 0 Å². The van der Waals surface area contributed by atoms with Crippen LogP contribution in [0.3, 0.4) is 0 Å². The number of aromatic nitrogens is 1. The van der Waals surface area contributed by atoms with E-state index >= 15 is 0 Å². The van der Waals surface area contributed by atoms with E-state index in [4.69, 9.17) is 0 Å². The molecule has 0 aliphatic carbocycles. The lowest BCUT2D eigenvalue weighted by Crippen LogP contribution is -2.12. The molecule has 3 heteroatoms. The Morgan fingerprint density at radius 3 is 2.36 bits per heavy atom. The van der Waals surface area contributed by atoms with E-state index in [1.165, 1.54) is 7.11 Å². The predicted octanol–water partition coefficient (Wildman–Crippen LogP) is 2.41. The molecule has 14 heavy (non-hydrogen) atoms. The van der Waals surface area contributed by atoms with Crippen LogP contribution in [0.5, 0.6) is 0 Å². The van der Waals surface area contributed by atoms with Gasteiger partial charge in [0, 0.05) is 11.1 Å². The molecular weight excluding hydrogens is 178 g/mol. The van der Waals surface area contributed by atoms with Crippen molar-refractivity contribution in [2.45, 2.75) is 33.1 Å². The zero-order valence-electron chi connectivity index (χ0n) is 9.39. The summed E-state index contributed by atoms with van der Waals surface area (Å²) in [7, 11) is 1.39. The maximum Gasteiger partial charge on any atom is 0.354 e. The monoisotopic (exact) mass is 195 g/mol. The Morgan fingerprint density at radius 2 is 2.00 bits per heavy atom. The molecule has 1 heterocycles. The van der Waals surface area contributed by atoms with Crippen molar-refractivity contribution in [3.05, 3.63) is 23.0 Å². The van der Waals surface area contributed by atoms with Crippen LogP contribution in [0, 0.1) is 6.92 Å². The fraction of sp³-hybridized carbons (Fsp3) is 0.545. The third kappa shape index (κ3) is 1.97. The lowest BCUT2D eigenvalue weighted by atomic mass is 9.92. The predicted molar refractivity (Wildman–Crippen MR) is 55.6 cm³/mol. The number of rotatable bonds is 1. The number of aryl methyl sites for hydroxylation is 1. The lowest BCUT2D eigenvalue weighted by Gasteiger charge is -2.15. The van der Waals surface area contributed by atoms with Crippen molar-refractivity contribution < 1.29 is 9.53 Å². The molecule has 3 nitrogen and oxygen atoms in total. The van der Waals surface area contributed by atoms with E-state index in [0.717, 1.165) is 11.3 Å². The number of ether oxygens (including phenoxy) is 1. The second-order valence-corrected chi connectivity index (χ2v) is 4.48. The van der Waals surface area contributed by atoms with Gasteiger partial charge in [-0.3, -0.25) is 0 Å². The van der Waals surface area contributed by atoms with Crippen LogP contribution in [-0.4, -0.2) is 18.1 Å². The summed E-state index contributed by atoms with van der Waals surface area (Å²) < 4.78 is 4.67. The molecule has 0 unspecified atom stereocenters. The first-order valence-corrected chi connectivity index (χ1v) is 4.64. The summed E-state index contributed by atoms with van der Waals surface area (Å²) in [6, 6.07) is 1.99. The fourth-order valence-corrected chi connectivity index (χ4v) is 1.28. The maximum atomic E-state index is 11.3. The number of aromatic amines is 1. The molecule has 0 spiro atoms. The van der Waals surface area contributed by atoms with Crippen LogP contribution in [0.1, 0.15) is 42.5 Å². The van der Waals surface area contributed by atoms with Crippen molar-refractivity contribution in [3.8, 4) is 0 Å². The van der Waals surface area contributed by atoms with Crippen LogP contribution in [0.2, 0.25) is 0 Å². The second kappa shape index (κ2) is 3.48. The van der Waals surface area contributed by atoms with Gasteiger partial charge in [0.1, 0.15) is 5.69 Å². The van der Waals surface area contributed by atoms with E-state index in [1.54, 1.807) is 0 Å². The number of hydrogen-bond donors (Lipinski definition) is 1. The number of carbonyl (C=O) groups is 1. The molecule has 0 fully saturated rings. The van der Waals surface area contributed by atoms with Gasteiger partial charge in [0.15, 0.2) is 0 Å². The minimum atomic E-state index is -0.307. The van der Waals surface area contributed by atoms with Gasteiger partial charge in [0.05, 0.1) is 7.11 Å². The van der Waals surface area contributed by atoms with E-state index in [2.05, 4.69) is 30.5 Å². The van der Waals surface area contributed by atoms with Crippen molar-refractivity contribution in [3.63, 3.8) is 0 Å². The summed E-state index contributed by atoms with van der Waals surface area (Å²) in [6.45, 7) is 8.19. The van der Waals surface area contributed by atoms with E-state index in [1.807, 2.05) is 13.0 Å². The van der Waals surface area contributed by atoms with E-state index < -0.39 is 0 Å². The summed E-state index contributed by atoms with van der Waals surface area (Å²) in [5.74, 6) is -0.307. The van der Waals surface area contributed by atoms with Crippen molar-refractivity contribution >= 4 is 5.97 Å². The number of esters is 1. The standard InChI is InChI=1S/C11H17NO2/c1-7-6-8(11(2,3)4)12-9(7)10(13)14-5/h6,12H,1-5H3. The van der Waals surface area contributed by atoms with Gasteiger partial charge in [0.25, 0.3) is 0 Å². The Bertz CT molecular complexity index is 345. The highest BCUT2D eigenvalue weighted by Crippen LogP contribution is 2.23. The first-order valence-electron chi connectivity index (χ1n) is 4.64. The number of hydrogen-bond acceptors (Lipinski definition) is 2. The number of methoxy groups -OCH3 is 1. The van der Waals surface area contributed by atoms with Gasteiger partial charge in [-0.2, -0.15) is 0 Å². The minimum Gasteiger partial charge on any atom is -0.464 e. The summed E-state index contributed by atoms with van der Waals surface area (Å²) in [5, 5.41) is 0. The molecular formula is C11H17NO2. The zero-order valence-corrected chi connectivity index (χ0v) is 9.39. The van der Waals surface area contributed by atoms with Crippen LogP contribution in [0.15, 0.2) is 6.07 Å². The van der Waals surface area contributed by atoms with Crippen LogP contribution < -0.4 is 0 Å². The maximum absolute atomic E-state index is 11.3. The Balaban J connectivity index is 3.12. The van der Waals surface area contributed by atoms with Gasteiger partial charge < -0.3 is 9.72 Å². The molecule has 0 aliphatic heterocycles. The van der Waals surface area contributed by atoms with E-state index in [9.17, 15) is 4.79 Å². The zero-order chi connectivity index (χ0) is 10.9. The molecule has 0 aliphatic rings. The van der Waals surface area contributed by atoms with Crippen LogP contribution in [0.25, 0.3) is 0 Å². The van der Waals surface area contributed by atoms with Crippen LogP contribution >= 0.6 is 0 Å². The summed E-state index contributed by atoms with van der Waals surface area (Å²) >= 11 is 0. The topological polar surface area (TPSA) is 42.1 Å². The van der Waals surface area contributed by atoms with Gasteiger partial charge in [-0.1, -0.05) is 20.8 Å². The van der Waals surface area contributed by atoms with Gasteiger partial charge in [-0.25, -0.2) is 4.79 Å². The molecule has 0 radical (unpaired) electrons. The first-order chi connectivity index (χ1) is 6.36. The largest absolute Gasteiger partial charge is 0.464 e. The quantitative estimate of drug-likeness (QED) is 0.699. The Labute approximate surface area is 84.5 Å². The lowest BCUT2D eigenvalue weighted by molar-refractivity contribution is 0.0593. The summed E-state index contributed by atoms with van der Waals surface area (Å²) in [6.07, 6.45) is 0. The Kier molecular flexibility index (Phi) is 2.69. The molecule has 0 saturated heterocycles. The van der Waals surface area contributed by atoms with Crippen molar-refractivity contribution in [1.82, 2.24) is 4.98 Å². The average Bonchev–Trinajstić information content (AvgIpc) is 2.45. The highest BCUT2D eigenvalue weighted by Gasteiger charge is 2.20. The number of H-pyrrole nitrogens is 1. The molecule has 0 amide bonds. The van der Waals surface area contributed by atoms with E-state index in [-0.39, 0.29) is 11.4 Å². The minimum absolute atomic E-state index is 0.0248. The van der Waals surface area contributed by atoms with E-state index in [0.29, 0.717) is 5.69 Å². The fourth-order valence-electron chi connectivity index (χ4n) is 1.28. The summed E-state index contributed by atoms with van der Waals surface area (Å²) in [4.78, 5) is 14.4. The molecule has 1 aromatic rings. The summed E-state index contributed by atoms with van der Waals surface area (Å²) in [5.41, 5.74) is 2.56. The van der Waals surface area contributed by atoms with Gasteiger partial charge in [-0.15, -0.1) is 0 Å². The first kappa shape index (κ1) is 10.8. The van der Waals surface area contributed by atoms with Gasteiger partial charge >= 0.3 is 5.97 Å². The Morgan fingerprint density at radius 1 is 1.43 bits per heavy atom. The van der Waals surface area contributed by atoms with Gasteiger partial charge in [0.2, 0.25) is 0 Å². The average molecular weight is 195 g/mol. The molecule has 0 saturated carbocycles. The van der Waals surface area contributed by atoms with Gasteiger partial charge in [-0.05, 0) is 18.6 Å². The molecule has 0 atom stereocenters. The van der Waals surface area contributed by atoms with Crippen LogP contribution in [0.4, 0.5) is 0 Å². The second-order valence-electron chi connectivity index (χ2n) is 4.48. The third-order valence-electron chi connectivity index (χ3n) is 2.21. The Hall–Kier alpha value is -1.25. The highest BCUT2D eigenvalue weighted by molar-refractivity contribution is 5.89. The highest BCUT2D eigenvalue weighted by atomic mass is 16.5. The molecule has 1 aromatic heterocycles. The molecule has 0 aromatic carbocycles. The SMILES string of the molecule is COC(=O)c1[nH]c(C(C)(C)C)cc1C. The van der Waals surface area contributed by atoms with Crippen molar-refractivity contribution in [2.75, 3.05) is 7.11 Å². The third-order valence-corrected chi connectivity index (χ3v) is 2.21.